The molecule has 2 N–H and O–H groups in total. The molecule has 1 amide bonds. The van der Waals surface area contributed by atoms with Crippen LogP contribution in [0.1, 0.15) is 0 Å². The lowest BCUT2D eigenvalue weighted by Gasteiger charge is -2.05. The van der Waals surface area contributed by atoms with E-state index in [0.29, 0.717) is 0 Å². The molecule has 0 atom stereocenters. The minimum Gasteiger partial charge on any atom is -0.355 e. The lowest BCUT2D eigenvalue weighted by Crippen LogP contribution is -2.33. The Morgan fingerprint density at radius 2 is 1.78 bits per heavy atom. The Hall–Kier alpha value is -0.620. The van der Waals surface area contributed by atoms with Gasteiger partial charge in [0.15, 0.2) is 0 Å². The van der Waals surface area contributed by atoms with E-state index in [9.17, 15) is 13.2 Å². The van der Waals surface area contributed by atoms with E-state index in [1.807, 2.05) is 0 Å². The molecule has 0 saturated carbocycles. The smallest absolute Gasteiger partial charge is 0.349 e. The second-order valence-corrected chi connectivity index (χ2v) is 3.69. The van der Waals surface area contributed by atoms with E-state index in [-0.39, 0.29) is 0 Å². The summed E-state index contributed by atoms with van der Waals surface area (Å²) in [4.78, 5) is 10.1. The number of carbonyl (C=O) groups excluding carboxylic acids is 1. The summed E-state index contributed by atoms with van der Waals surface area (Å²) in [5.74, 6) is 0. The summed E-state index contributed by atoms with van der Waals surface area (Å²) in [6.07, 6.45) is 0. The number of sulfonamides is 1. The summed E-state index contributed by atoms with van der Waals surface area (Å²) < 4.78 is 21.7. The quantitative estimate of drug-likeness (QED) is 0.521. The minimum atomic E-state index is -3.84. The van der Waals surface area contributed by atoms with Crippen LogP contribution in [0.4, 0.5) is 4.79 Å². The Morgan fingerprint density at radius 1 is 1.44 bits per heavy atom. The summed E-state index contributed by atoms with van der Waals surface area (Å²) in [6, 6.07) is 0. The molecule has 0 aliphatic rings. The van der Waals surface area contributed by atoms with Crippen LogP contribution >= 0.6 is 0 Å². The maximum atomic E-state index is 10.5. The van der Waals surface area contributed by atoms with Gasteiger partial charge >= 0.3 is 5.24 Å². The van der Waals surface area contributed by atoms with Crippen LogP contribution < -0.4 is 5.73 Å². The van der Waals surface area contributed by atoms with Crippen LogP contribution in [-0.4, -0.2) is 32.1 Å². The zero-order valence-electron chi connectivity index (χ0n) is 5.16. The van der Waals surface area contributed by atoms with E-state index in [1.54, 1.807) is 0 Å². The summed E-state index contributed by atoms with van der Waals surface area (Å²) in [5, 5.41) is -1.33. The molecule has 0 unspecified atom stereocenters. The van der Waals surface area contributed by atoms with Crippen molar-refractivity contribution >= 4 is 15.3 Å². The van der Waals surface area contributed by atoms with Crippen molar-refractivity contribution < 1.29 is 13.2 Å². The predicted octanol–water partition coefficient (Wildman–Crippen LogP) is -1.04. The Labute approximate surface area is 53.5 Å². The summed E-state index contributed by atoms with van der Waals surface area (Å²) in [5.41, 5.74) is 4.50. The molecule has 0 spiro atoms. The van der Waals surface area contributed by atoms with Crippen LogP contribution in [0.25, 0.3) is 0 Å². The minimum absolute atomic E-state index is 0.759. The largest absolute Gasteiger partial charge is 0.355 e. The van der Waals surface area contributed by atoms with E-state index >= 15 is 0 Å². The van der Waals surface area contributed by atoms with Crippen molar-refractivity contribution in [2.75, 3.05) is 14.1 Å². The van der Waals surface area contributed by atoms with Crippen molar-refractivity contribution in [3.05, 3.63) is 0 Å². The molecule has 0 aromatic carbocycles. The first-order valence-electron chi connectivity index (χ1n) is 2.11. The summed E-state index contributed by atoms with van der Waals surface area (Å²) in [7, 11) is -1.37. The third-order valence-electron chi connectivity index (χ3n) is 0.735. The highest BCUT2D eigenvalue weighted by atomic mass is 32.2. The van der Waals surface area contributed by atoms with Gasteiger partial charge in [-0.3, -0.25) is 4.79 Å². The summed E-state index contributed by atoms with van der Waals surface area (Å²) in [6.45, 7) is 0. The number of carbonyl (C=O) groups is 1. The van der Waals surface area contributed by atoms with Gasteiger partial charge in [-0.2, -0.15) is 4.31 Å². The topological polar surface area (TPSA) is 80.5 Å². The lowest BCUT2D eigenvalue weighted by molar-refractivity contribution is 0.264. The molecule has 0 saturated heterocycles. The number of amides is 1. The third-order valence-corrected chi connectivity index (χ3v) is 2.20. The highest BCUT2D eigenvalue weighted by Gasteiger charge is 2.20. The number of nitrogens with zero attached hydrogens (tertiary/aromatic N) is 1. The lowest BCUT2D eigenvalue weighted by atomic mass is 11.3. The standard InChI is InChI=1S/C3H8N2O3S/c1-5(2)9(7,8)3(4)6/h1-2H3,(H2,4,6). The van der Waals surface area contributed by atoms with Crippen LogP contribution in [0.15, 0.2) is 0 Å². The molecular formula is C3H8N2O3S. The van der Waals surface area contributed by atoms with Crippen molar-refractivity contribution in [3.8, 4) is 0 Å². The van der Waals surface area contributed by atoms with Gasteiger partial charge < -0.3 is 5.73 Å². The van der Waals surface area contributed by atoms with Crippen LogP contribution in [0.2, 0.25) is 0 Å². The molecule has 5 nitrogen and oxygen atoms in total. The fourth-order valence-electron chi connectivity index (χ4n) is 0.180. The van der Waals surface area contributed by atoms with Crippen molar-refractivity contribution in [2.45, 2.75) is 0 Å². The van der Waals surface area contributed by atoms with Gasteiger partial charge in [-0.15, -0.1) is 0 Å². The number of hydrogen-bond acceptors (Lipinski definition) is 3. The average molecular weight is 152 g/mol. The fraction of sp³-hybridized carbons (Fsp3) is 0.667. The molecule has 0 fully saturated rings. The first-order chi connectivity index (χ1) is 3.89. The Balaban J connectivity index is 4.63. The van der Waals surface area contributed by atoms with Crippen LogP contribution in [0.5, 0.6) is 0 Å². The van der Waals surface area contributed by atoms with Gasteiger partial charge in [0, 0.05) is 14.1 Å². The zero-order valence-corrected chi connectivity index (χ0v) is 5.97. The fourth-order valence-corrected chi connectivity index (χ4v) is 0.540. The van der Waals surface area contributed by atoms with Gasteiger partial charge in [-0.05, 0) is 0 Å². The monoisotopic (exact) mass is 152 g/mol. The molecule has 0 bridgehead atoms. The number of rotatable bonds is 1. The SMILES string of the molecule is CN(C)S(=O)(=O)C(N)=O. The zero-order chi connectivity index (χ0) is 7.65. The normalized spacial score (nSPS) is 11.9. The highest BCUT2D eigenvalue weighted by Crippen LogP contribution is 1.91. The number of hydrogen-bond donors (Lipinski definition) is 1. The number of primary amides is 1. The first kappa shape index (κ1) is 8.38. The second-order valence-electron chi connectivity index (χ2n) is 1.61. The number of nitrogens with two attached hydrogens (primary N) is 1. The van der Waals surface area contributed by atoms with E-state index in [4.69, 9.17) is 0 Å². The molecule has 0 aliphatic heterocycles. The van der Waals surface area contributed by atoms with Gasteiger partial charge in [0.2, 0.25) is 0 Å². The molecule has 0 rings (SSSR count). The average Bonchev–Trinajstić information content (AvgIpc) is 1.65. The van der Waals surface area contributed by atoms with E-state index < -0.39 is 15.3 Å². The molecule has 6 heteroatoms. The Bertz CT molecular complexity index is 205. The highest BCUT2D eigenvalue weighted by molar-refractivity contribution is 8.03. The van der Waals surface area contributed by atoms with Crippen LogP contribution in [0, 0.1) is 0 Å². The van der Waals surface area contributed by atoms with Gasteiger partial charge in [0.1, 0.15) is 0 Å². The molecule has 0 aromatic heterocycles. The van der Waals surface area contributed by atoms with Gasteiger partial charge in [0.25, 0.3) is 10.0 Å². The predicted molar refractivity (Wildman–Crippen MR) is 32.2 cm³/mol. The van der Waals surface area contributed by atoms with E-state index in [0.717, 1.165) is 4.31 Å². The molecule has 0 radical (unpaired) electrons. The maximum Gasteiger partial charge on any atom is 0.349 e. The van der Waals surface area contributed by atoms with E-state index in [1.165, 1.54) is 14.1 Å². The van der Waals surface area contributed by atoms with Crippen LogP contribution in [0.3, 0.4) is 0 Å². The van der Waals surface area contributed by atoms with E-state index in [2.05, 4.69) is 5.73 Å². The Morgan fingerprint density at radius 3 is 1.78 bits per heavy atom. The second kappa shape index (κ2) is 2.32. The molecule has 0 heterocycles. The third kappa shape index (κ3) is 1.65. The summed E-state index contributed by atoms with van der Waals surface area (Å²) >= 11 is 0. The Kier molecular flexibility index (Phi) is 2.16. The molecular weight excluding hydrogens is 144 g/mol. The van der Waals surface area contributed by atoms with Crippen molar-refractivity contribution in [2.24, 2.45) is 5.73 Å². The van der Waals surface area contributed by atoms with Crippen molar-refractivity contribution in [1.82, 2.24) is 4.31 Å². The van der Waals surface area contributed by atoms with Gasteiger partial charge in [0.05, 0.1) is 0 Å². The van der Waals surface area contributed by atoms with Gasteiger partial charge in [-0.1, -0.05) is 0 Å². The molecule has 54 valence electrons. The van der Waals surface area contributed by atoms with Crippen LogP contribution in [-0.2, 0) is 10.0 Å². The maximum absolute atomic E-state index is 10.5. The van der Waals surface area contributed by atoms with Gasteiger partial charge in [-0.25, -0.2) is 8.42 Å². The van der Waals surface area contributed by atoms with Crippen molar-refractivity contribution in [1.29, 1.82) is 0 Å². The first-order valence-corrected chi connectivity index (χ1v) is 3.55. The molecule has 0 aromatic rings. The van der Waals surface area contributed by atoms with Crippen molar-refractivity contribution in [3.63, 3.8) is 0 Å². The molecule has 0 aliphatic carbocycles. The molecule has 9 heavy (non-hydrogen) atoms.